The highest BCUT2D eigenvalue weighted by molar-refractivity contribution is 5.82. The minimum absolute atomic E-state index is 0. The topological polar surface area (TPSA) is 97.9 Å². The third kappa shape index (κ3) is 10.4. The Kier molecular flexibility index (Phi) is 14.0. The van der Waals surface area contributed by atoms with Gasteiger partial charge in [0, 0.05) is 24.5 Å². The van der Waals surface area contributed by atoms with Crippen LogP contribution in [0, 0.1) is 5.92 Å². The van der Waals surface area contributed by atoms with Crippen LogP contribution in [-0.4, -0.2) is 61.8 Å². The summed E-state index contributed by atoms with van der Waals surface area (Å²) in [6.07, 6.45) is 6.52. The highest BCUT2D eigenvalue weighted by Gasteiger charge is 2.50. The third-order valence-corrected chi connectivity index (χ3v) is 4.94. The number of methoxy groups -OCH3 is 2. The maximum Gasteiger partial charge on any atom is 0.330 e. The minimum atomic E-state index is -0.798. The molecule has 7 heteroatoms. The summed E-state index contributed by atoms with van der Waals surface area (Å²) in [6, 6.07) is 0. The molecule has 2 aliphatic rings. The molecule has 32 heavy (non-hydrogen) atoms. The fourth-order valence-corrected chi connectivity index (χ4v) is 2.99. The molecule has 2 heterocycles. The normalized spacial score (nSPS) is 24.7. The summed E-state index contributed by atoms with van der Waals surface area (Å²) >= 11 is 0. The molecule has 0 aromatic carbocycles. The fourth-order valence-electron chi connectivity index (χ4n) is 2.99. The number of ether oxygens (including phenoxy) is 4. The second kappa shape index (κ2) is 14.0. The van der Waals surface area contributed by atoms with E-state index < -0.39 is 17.7 Å². The summed E-state index contributed by atoms with van der Waals surface area (Å²) < 4.78 is 19.6. The van der Waals surface area contributed by atoms with E-state index in [1.807, 2.05) is 26.8 Å². The van der Waals surface area contributed by atoms with Crippen molar-refractivity contribution in [3.8, 4) is 0 Å². The van der Waals surface area contributed by atoms with Gasteiger partial charge in [0.25, 0.3) is 0 Å². The predicted molar refractivity (Wildman–Crippen MR) is 127 cm³/mol. The van der Waals surface area contributed by atoms with Crippen LogP contribution in [0.5, 0.6) is 0 Å². The smallest absolute Gasteiger partial charge is 0.330 e. The first kappa shape index (κ1) is 32.0. The molecule has 0 spiro atoms. The van der Waals surface area contributed by atoms with E-state index in [9.17, 15) is 14.7 Å². The molecule has 1 N–H and O–H groups in total. The van der Waals surface area contributed by atoms with Crippen LogP contribution in [0.15, 0.2) is 48.6 Å². The van der Waals surface area contributed by atoms with Crippen molar-refractivity contribution < 1.29 is 33.6 Å². The number of epoxide rings is 2. The molecule has 0 saturated carbocycles. The standard InChI is InChI=1S/C12H18O3.C11H16O4.2CH4/c1-9(2)7-12(8-15-12)10(3)5-6-11(13)14-4;1-8(2)6-11(7-15-11)9(12)4-5-10(13)14-3;;/h5-6,10H,1,7-8H2,2-4H3;4-5,9,12H,1,6-7H2,2-3H3;2*1H4/b6-5+;5-4+;;/t10-,12-;9-,11-;;/m11../s1. The van der Waals surface area contributed by atoms with Crippen molar-refractivity contribution in [2.75, 3.05) is 27.4 Å². The lowest BCUT2D eigenvalue weighted by atomic mass is 9.89. The van der Waals surface area contributed by atoms with Gasteiger partial charge in [0.1, 0.15) is 17.3 Å². The van der Waals surface area contributed by atoms with Crippen molar-refractivity contribution >= 4 is 11.9 Å². The molecule has 184 valence electrons. The van der Waals surface area contributed by atoms with Gasteiger partial charge in [0.15, 0.2) is 0 Å². The molecule has 7 nitrogen and oxygen atoms in total. The van der Waals surface area contributed by atoms with Crippen LogP contribution in [0.1, 0.15) is 48.5 Å². The van der Waals surface area contributed by atoms with Gasteiger partial charge >= 0.3 is 11.9 Å². The van der Waals surface area contributed by atoms with Gasteiger partial charge < -0.3 is 24.1 Å². The van der Waals surface area contributed by atoms with E-state index in [1.165, 1.54) is 32.4 Å². The number of aliphatic hydroxyl groups excluding tert-OH is 1. The van der Waals surface area contributed by atoms with Crippen LogP contribution in [0.2, 0.25) is 0 Å². The Morgan fingerprint density at radius 3 is 1.66 bits per heavy atom. The van der Waals surface area contributed by atoms with E-state index in [1.54, 1.807) is 0 Å². The van der Waals surface area contributed by atoms with Crippen LogP contribution in [0.3, 0.4) is 0 Å². The average molecular weight is 455 g/mol. The summed E-state index contributed by atoms with van der Waals surface area (Å²) in [6.45, 7) is 14.8. The van der Waals surface area contributed by atoms with Crippen LogP contribution in [0.4, 0.5) is 0 Å². The van der Waals surface area contributed by atoms with E-state index >= 15 is 0 Å². The molecular formula is C25H42O7. The zero-order valence-corrected chi connectivity index (χ0v) is 18.6. The van der Waals surface area contributed by atoms with Gasteiger partial charge in [-0.3, -0.25) is 0 Å². The van der Waals surface area contributed by atoms with Gasteiger partial charge in [-0.2, -0.15) is 0 Å². The van der Waals surface area contributed by atoms with Crippen molar-refractivity contribution in [2.45, 2.75) is 65.8 Å². The molecule has 0 bridgehead atoms. The number of rotatable bonds is 10. The molecular weight excluding hydrogens is 412 g/mol. The molecule has 0 unspecified atom stereocenters. The molecule has 0 amide bonds. The molecule has 4 atom stereocenters. The third-order valence-electron chi connectivity index (χ3n) is 4.94. The molecule has 2 aliphatic heterocycles. The van der Waals surface area contributed by atoms with Crippen LogP contribution in [-0.2, 0) is 28.5 Å². The van der Waals surface area contributed by atoms with E-state index in [-0.39, 0.29) is 32.3 Å². The number of aliphatic hydroxyl groups is 1. The van der Waals surface area contributed by atoms with Gasteiger partial charge in [-0.25, -0.2) is 9.59 Å². The van der Waals surface area contributed by atoms with E-state index in [4.69, 9.17) is 9.47 Å². The Balaban J connectivity index is 0. The quantitative estimate of drug-likeness (QED) is 0.229. The Morgan fingerprint density at radius 1 is 0.938 bits per heavy atom. The molecule has 2 fully saturated rings. The summed E-state index contributed by atoms with van der Waals surface area (Å²) in [4.78, 5) is 21.7. The predicted octanol–water partition coefficient (Wildman–Crippen LogP) is 4.17. The number of carbonyl (C=O) groups excluding carboxylic acids is 2. The monoisotopic (exact) mass is 454 g/mol. The van der Waals surface area contributed by atoms with Crippen molar-refractivity contribution in [1.29, 1.82) is 0 Å². The van der Waals surface area contributed by atoms with Crippen LogP contribution < -0.4 is 0 Å². The Hall–Kier alpha value is -2.22. The van der Waals surface area contributed by atoms with Crippen LogP contribution >= 0.6 is 0 Å². The molecule has 0 aliphatic carbocycles. The molecule has 2 rings (SSSR count). The molecule has 0 radical (unpaired) electrons. The summed E-state index contributed by atoms with van der Waals surface area (Å²) in [5.41, 5.74) is 1.34. The summed E-state index contributed by atoms with van der Waals surface area (Å²) in [7, 11) is 2.66. The maximum atomic E-state index is 10.9. The van der Waals surface area contributed by atoms with Crippen molar-refractivity contribution in [1.82, 2.24) is 0 Å². The fraction of sp³-hybridized carbons (Fsp3) is 0.600. The minimum Gasteiger partial charge on any atom is -0.466 e. The van der Waals surface area contributed by atoms with Gasteiger partial charge in [-0.05, 0) is 26.3 Å². The maximum absolute atomic E-state index is 10.9. The summed E-state index contributed by atoms with van der Waals surface area (Å²) in [5, 5.41) is 9.77. The highest BCUT2D eigenvalue weighted by Crippen LogP contribution is 2.41. The number of esters is 2. The average Bonchev–Trinajstić information content (AvgIpc) is 3.61. The number of hydrogen-bond acceptors (Lipinski definition) is 7. The van der Waals surface area contributed by atoms with Gasteiger partial charge in [0.05, 0.1) is 27.4 Å². The molecule has 2 saturated heterocycles. The van der Waals surface area contributed by atoms with Gasteiger partial charge in [0.2, 0.25) is 0 Å². The highest BCUT2D eigenvalue weighted by atomic mass is 16.6. The van der Waals surface area contributed by atoms with Crippen molar-refractivity contribution in [2.24, 2.45) is 5.92 Å². The second-order valence-electron chi connectivity index (χ2n) is 7.97. The Morgan fingerprint density at radius 2 is 1.31 bits per heavy atom. The second-order valence-corrected chi connectivity index (χ2v) is 7.97. The zero-order chi connectivity index (χ0) is 22.9. The lowest BCUT2D eigenvalue weighted by molar-refractivity contribution is -0.135. The largest absolute Gasteiger partial charge is 0.466 e. The zero-order valence-electron chi connectivity index (χ0n) is 18.6. The van der Waals surface area contributed by atoms with Crippen molar-refractivity contribution in [3.05, 3.63) is 48.6 Å². The number of carbonyl (C=O) groups is 2. The SMILES string of the molecule is C.C.C=C(C)C[C@]1([C@H](C)/C=C/C(=O)OC)CO1.C=C(C)C[C@]1([C@H](O)/C=C/C(=O)OC)CO1. The first-order valence-electron chi connectivity index (χ1n) is 9.77. The first-order valence-corrected chi connectivity index (χ1v) is 9.77. The van der Waals surface area contributed by atoms with E-state index in [0.717, 1.165) is 24.2 Å². The lowest BCUT2D eigenvalue weighted by Gasteiger charge is -2.16. The van der Waals surface area contributed by atoms with Crippen molar-refractivity contribution in [3.63, 3.8) is 0 Å². The molecule has 0 aromatic heterocycles. The first-order chi connectivity index (χ1) is 14.0. The lowest BCUT2D eigenvalue weighted by Crippen LogP contribution is -2.28. The summed E-state index contributed by atoms with van der Waals surface area (Å²) in [5.74, 6) is -0.610. The van der Waals surface area contributed by atoms with Gasteiger partial charge in [-0.15, -0.1) is 13.2 Å². The van der Waals surface area contributed by atoms with E-state index in [0.29, 0.717) is 13.0 Å². The van der Waals surface area contributed by atoms with Gasteiger partial charge in [-0.1, -0.05) is 39.0 Å². The van der Waals surface area contributed by atoms with Crippen LogP contribution in [0.25, 0.3) is 0 Å². The number of hydrogen-bond donors (Lipinski definition) is 1. The Bertz CT molecular complexity index is 637. The Labute approximate surface area is 193 Å². The van der Waals surface area contributed by atoms with E-state index in [2.05, 4.69) is 22.6 Å². The molecule has 0 aromatic rings.